The number of nitrogens with zero attached hydrogens (tertiary/aromatic N) is 1. The molecule has 2 N–H and O–H groups in total. The van der Waals surface area contributed by atoms with E-state index in [0.29, 0.717) is 5.75 Å². The van der Waals surface area contributed by atoms with Crippen LogP contribution >= 0.6 is 0 Å². The molecule has 0 saturated carbocycles. The van der Waals surface area contributed by atoms with Crippen molar-refractivity contribution in [2.45, 2.75) is 6.04 Å². The molecule has 0 aliphatic carbocycles. The SMILES string of the molecule is O=C(COc1ccc(Nc2ccccc2)cc1)NC(CN1CCOCC1)c1ccccc1. The number of hydrogen-bond acceptors (Lipinski definition) is 5. The lowest BCUT2D eigenvalue weighted by Gasteiger charge is -2.31. The summed E-state index contributed by atoms with van der Waals surface area (Å²) >= 11 is 0. The largest absolute Gasteiger partial charge is 0.484 e. The molecule has 32 heavy (non-hydrogen) atoms. The molecule has 0 bridgehead atoms. The van der Waals surface area contributed by atoms with E-state index in [0.717, 1.165) is 49.8 Å². The summed E-state index contributed by atoms with van der Waals surface area (Å²) in [5.74, 6) is 0.516. The fourth-order valence-electron chi connectivity index (χ4n) is 3.67. The second-order valence-corrected chi connectivity index (χ2v) is 7.75. The van der Waals surface area contributed by atoms with Crippen molar-refractivity contribution in [2.24, 2.45) is 0 Å². The lowest BCUT2D eigenvalue weighted by atomic mass is 10.1. The van der Waals surface area contributed by atoms with Gasteiger partial charge in [0, 0.05) is 31.0 Å². The standard InChI is InChI=1S/C26H29N3O3/c30-26(20-32-24-13-11-23(12-14-24)27-22-9-5-2-6-10-22)28-25(21-7-3-1-4-8-21)19-29-15-17-31-18-16-29/h1-14,25,27H,15-20H2,(H,28,30). The number of carbonyl (C=O) groups is 1. The Labute approximate surface area is 189 Å². The van der Waals surface area contributed by atoms with Gasteiger partial charge < -0.3 is 20.1 Å². The van der Waals surface area contributed by atoms with Gasteiger partial charge in [0.25, 0.3) is 5.91 Å². The van der Waals surface area contributed by atoms with E-state index in [1.165, 1.54) is 0 Å². The van der Waals surface area contributed by atoms with Crippen LogP contribution in [0, 0.1) is 0 Å². The molecule has 3 aromatic rings. The highest BCUT2D eigenvalue weighted by molar-refractivity contribution is 5.78. The minimum atomic E-state index is -0.140. The molecule has 0 aromatic heterocycles. The smallest absolute Gasteiger partial charge is 0.258 e. The van der Waals surface area contributed by atoms with Crippen molar-refractivity contribution in [3.05, 3.63) is 90.5 Å². The topological polar surface area (TPSA) is 62.8 Å². The first-order chi connectivity index (χ1) is 15.8. The Morgan fingerprint density at radius 2 is 1.50 bits per heavy atom. The van der Waals surface area contributed by atoms with Crippen LogP contribution in [0.5, 0.6) is 5.75 Å². The molecule has 166 valence electrons. The molecule has 1 atom stereocenters. The summed E-state index contributed by atoms with van der Waals surface area (Å²) in [5.41, 5.74) is 3.07. The highest BCUT2D eigenvalue weighted by Gasteiger charge is 2.20. The van der Waals surface area contributed by atoms with Crippen LogP contribution in [0.2, 0.25) is 0 Å². The number of carbonyl (C=O) groups excluding carboxylic acids is 1. The van der Waals surface area contributed by atoms with Crippen LogP contribution < -0.4 is 15.4 Å². The molecule has 6 nitrogen and oxygen atoms in total. The Hall–Kier alpha value is -3.35. The molecule has 1 saturated heterocycles. The highest BCUT2D eigenvalue weighted by atomic mass is 16.5. The van der Waals surface area contributed by atoms with Gasteiger partial charge >= 0.3 is 0 Å². The second kappa shape index (κ2) is 11.3. The zero-order valence-corrected chi connectivity index (χ0v) is 18.1. The van der Waals surface area contributed by atoms with Gasteiger partial charge in [-0.1, -0.05) is 48.5 Å². The van der Waals surface area contributed by atoms with Crippen LogP contribution in [0.25, 0.3) is 0 Å². The maximum atomic E-state index is 12.7. The van der Waals surface area contributed by atoms with Crippen molar-refractivity contribution < 1.29 is 14.3 Å². The van der Waals surface area contributed by atoms with Crippen LogP contribution in [-0.2, 0) is 9.53 Å². The number of anilines is 2. The molecule has 6 heteroatoms. The first-order valence-electron chi connectivity index (χ1n) is 11.0. The predicted molar refractivity (Wildman–Crippen MR) is 126 cm³/mol. The van der Waals surface area contributed by atoms with Gasteiger partial charge in [0.2, 0.25) is 0 Å². The number of para-hydroxylation sites is 1. The van der Waals surface area contributed by atoms with Gasteiger partial charge in [0.1, 0.15) is 5.75 Å². The Bertz CT molecular complexity index is 959. The molecular weight excluding hydrogens is 402 g/mol. The quantitative estimate of drug-likeness (QED) is 0.536. The number of nitrogens with one attached hydrogen (secondary N) is 2. The number of ether oxygens (including phenoxy) is 2. The van der Waals surface area contributed by atoms with Crippen molar-refractivity contribution in [2.75, 3.05) is 44.8 Å². The summed E-state index contributed by atoms with van der Waals surface area (Å²) in [6.07, 6.45) is 0. The molecule has 1 aliphatic rings. The van der Waals surface area contributed by atoms with Gasteiger partial charge in [-0.3, -0.25) is 9.69 Å². The Kier molecular flexibility index (Phi) is 7.74. The third-order valence-corrected chi connectivity index (χ3v) is 5.37. The summed E-state index contributed by atoms with van der Waals surface area (Å²) in [7, 11) is 0. The first-order valence-corrected chi connectivity index (χ1v) is 11.0. The van der Waals surface area contributed by atoms with E-state index in [2.05, 4.69) is 15.5 Å². The van der Waals surface area contributed by atoms with E-state index in [1.54, 1.807) is 0 Å². The average Bonchev–Trinajstić information content (AvgIpc) is 2.85. The normalized spacial score (nSPS) is 15.0. The average molecular weight is 432 g/mol. The number of amides is 1. The minimum Gasteiger partial charge on any atom is -0.484 e. The minimum absolute atomic E-state index is 0.0299. The second-order valence-electron chi connectivity index (χ2n) is 7.75. The van der Waals surface area contributed by atoms with E-state index >= 15 is 0 Å². The predicted octanol–water partition coefficient (Wildman–Crippen LogP) is 4.00. The molecule has 1 fully saturated rings. The van der Waals surface area contributed by atoms with Crippen LogP contribution in [0.1, 0.15) is 11.6 Å². The van der Waals surface area contributed by atoms with E-state index < -0.39 is 0 Å². The van der Waals surface area contributed by atoms with Crippen molar-refractivity contribution in [3.8, 4) is 5.75 Å². The summed E-state index contributed by atoms with van der Waals surface area (Å²) in [4.78, 5) is 15.0. The maximum Gasteiger partial charge on any atom is 0.258 e. The third kappa shape index (κ3) is 6.57. The number of morpholine rings is 1. The monoisotopic (exact) mass is 431 g/mol. The van der Waals surface area contributed by atoms with Crippen molar-refractivity contribution in [1.29, 1.82) is 0 Å². The summed E-state index contributed by atoms with van der Waals surface area (Å²) in [6.45, 7) is 3.93. The molecule has 0 radical (unpaired) electrons. The molecule has 4 rings (SSSR count). The molecule has 1 unspecified atom stereocenters. The van der Waals surface area contributed by atoms with E-state index in [-0.39, 0.29) is 18.6 Å². The van der Waals surface area contributed by atoms with Crippen LogP contribution in [-0.4, -0.2) is 50.3 Å². The molecular formula is C26H29N3O3. The van der Waals surface area contributed by atoms with Gasteiger partial charge in [-0.2, -0.15) is 0 Å². The lowest BCUT2D eigenvalue weighted by Crippen LogP contribution is -2.44. The van der Waals surface area contributed by atoms with Gasteiger partial charge in [0.15, 0.2) is 6.61 Å². The van der Waals surface area contributed by atoms with Crippen LogP contribution in [0.3, 0.4) is 0 Å². The van der Waals surface area contributed by atoms with E-state index in [1.807, 2.05) is 84.9 Å². The summed E-state index contributed by atoms with van der Waals surface area (Å²) in [5, 5.41) is 6.47. The molecule has 0 spiro atoms. The van der Waals surface area contributed by atoms with Crippen LogP contribution in [0.4, 0.5) is 11.4 Å². The summed E-state index contributed by atoms with van der Waals surface area (Å²) in [6, 6.07) is 27.5. The number of rotatable bonds is 9. The maximum absolute atomic E-state index is 12.7. The Morgan fingerprint density at radius 1 is 0.875 bits per heavy atom. The zero-order valence-electron chi connectivity index (χ0n) is 18.1. The fourth-order valence-corrected chi connectivity index (χ4v) is 3.67. The third-order valence-electron chi connectivity index (χ3n) is 5.37. The van der Waals surface area contributed by atoms with Crippen LogP contribution in [0.15, 0.2) is 84.9 Å². The zero-order chi connectivity index (χ0) is 22.0. The van der Waals surface area contributed by atoms with E-state index in [4.69, 9.17) is 9.47 Å². The fraction of sp³-hybridized carbons (Fsp3) is 0.269. The Morgan fingerprint density at radius 3 is 2.19 bits per heavy atom. The van der Waals surface area contributed by atoms with Crippen molar-refractivity contribution >= 4 is 17.3 Å². The first kappa shape index (κ1) is 21.9. The van der Waals surface area contributed by atoms with Crippen molar-refractivity contribution in [1.82, 2.24) is 10.2 Å². The van der Waals surface area contributed by atoms with E-state index in [9.17, 15) is 4.79 Å². The molecule has 1 amide bonds. The summed E-state index contributed by atoms with van der Waals surface area (Å²) < 4.78 is 11.2. The number of benzene rings is 3. The van der Waals surface area contributed by atoms with Crippen molar-refractivity contribution in [3.63, 3.8) is 0 Å². The van der Waals surface area contributed by atoms with Gasteiger partial charge in [-0.05, 0) is 42.0 Å². The molecule has 1 heterocycles. The van der Waals surface area contributed by atoms with Gasteiger partial charge in [0.05, 0.1) is 19.3 Å². The molecule has 1 aliphatic heterocycles. The Balaban J connectivity index is 1.30. The molecule has 3 aromatic carbocycles. The van der Waals surface area contributed by atoms with Gasteiger partial charge in [-0.25, -0.2) is 0 Å². The lowest BCUT2D eigenvalue weighted by molar-refractivity contribution is -0.124. The number of hydrogen-bond donors (Lipinski definition) is 2. The highest BCUT2D eigenvalue weighted by Crippen LogP contribution is 2.20. The van der Waals surface area contributed by atoms with Gasteiger partial charge in [-0.15, -0.1) is 0 Å².